The summed E-state index contributed by atoms with van der Waals surface area (Å²) in [5.74, 6) is 6.80. The van der Waals surface area contributed by atoms with Gasteiger partial charge in [0, 0.05) is 41.5 Å². The number of aromatic nitrogens is 1. The molecule has 1 aliphatic heterocycles. The van der Waals surface area contributed by atoms with Crippen molar-refractivity contribution in [2.75, 3.05) is 13.1 Å². The average molecular weight is 499 g/mol. The maximum atomic E-state index is 12.8. The molecule has 4 aromatic rings. The van der Waals surface area contributed by atoms with Crippen molar-refractivity contribution in [3.05, 3.63) is 99.1 Å². The van der Waals surface area contributed by atoms with E-state index in [0.29, 0.717) is 34.0 Å². The van der Waals surface area contributed by atoms with Crippen molar-refractivity contribution < 1.29 is 9.52 Å². The first kappa shape index (κ1) is 24.3. The molecule has 1 fully saturated rings. The van der Waals surface area contributed by atoms with Gasteiger partial charge >= 0.3 is 0 Å². The molecule has 0 aliphatic carbocycles. The second-order valence-corrected chi connectivity index (χ2v) is 9.77. The second kappa shape index (κ2) is 10.3. The Hall–Kier alpha value is -3.43. The summed E-state index contributed by atoms with van der Waals surface area (Å²) in [5.41, 5.74) is 3.30. The van der Waals surface area contributed by atoms with Gasteiger partial charge in [0.05, 0.1) is 17.5 Å². The topological polar surface area (TPSA) is 66.6 Å². The fourth-order valence-corrected chi connectivity index (χ4v) is 4.61. The molecule has 0 unspecified atom stereocenters. The van der Waals surface area contributed by atoms with E-state index in [-0.39, 0.29) is 5.43 Å². The number of piperidine rings is 1. The third-order valence-corrected chi connectivity index (χ3v) is 7.13. The van der Waals surface area contributed by atoms with Crippen molar-refractivity contribution >= 4 is 22.6 Å². The van der Waals surface area contributed by atoms with E-state index in [0.717, 1.165) is 49.0 Å². The molecule has 0 amide bonds. The number of likely N-dealkylation sites (tertiary alicyclic amines) is 1. The summed E-state index contributed by atoms with van der Waals surface area (Å²) in [5, 5.41) is 11.6. The zero-order valence-electron chi connectivity index (χ0n) is 20.1. The molecule has 2 aromatic carbocycles. The maximum absolute atomic E-state index is 12.8. The largest absolute Gasteiger partial charge is 0.459 e. The lowest BCUT2D eigenvalue weighted by Gasteiger charge is -2.37. The van der Waals surface area contributed by atoms with Crippen LogP contribution >= 0.6 is 11.6 Å². The summed E-state index contributed by atoms with van der Waals surface area (Å²) >= 11 is 5.96. The minimum atomic E-state index is -0.563. The van der Waals surface area contributed by atoms with Crippen molar-refractivity contribution in [2.45, 2.75) is 38.3 Å². The molecule has 1 aliphatic rings. The van der Waals surface area contributed by atoms with Crippen LogP contribution in [0.25, 0.3) is 22.1 Å². The van der Waals surface area contributed by atoms with Crippen molar-refractivity contribution in [3.63, 3.8) is 0 Å². The number of benzene rings is 2. The van der Waals surface area contributed by atoms with Crippen LogP contribution in [0.3, 0.4) is 0 Å². The van der Waals surface area contributed by atoms with Crippen molar-refractivity contribution in [1.82, 2.24) is 9.88 Å². The Morgan fingerprint density at radius 3 is 2.47 bits per heavy atom. The van der Waals surface area contributed by atoms with E-state index >= 15 is 0 Å². The van der Waals surface area contributed by atoms with Gasteiger partial charge in [-0.05, 0) is 67.1 Å². The molecule has 0 radical (unpaired) electrons. The van der Waals surface area contributed by atoms with Crippen molar-refractivity contribution in [3.8, 4) is 23.0 Å². The molecule has 0 spiro atoms. The summed E-state index contributed by atoms with van der Waals surface area (Å²) in [6.07, 6.45) is 4.03. The monoisotopic (exact) mass is 498 g/mol. The van der Waals surface area contributed by atoms with Crippen LogP contribution < -0.4 is 5.43 Å². The van der Waals surface area contributed by atoms with E-state index in [4.69, 9.17) is 16.0 Å². The predicted molar refractivity (Wildman–Crippen MR) is 143 cm³/mol. The molecule has 6 heteroatoms. The number of nitrogens with zero attached hydrogens (tertiary/aromatic N) is 2. The SMILES string of the molecule is CCC1(O)CCN(Cc2cc(=O)c3cc(C#Cc4ccc(-c5ccc(Cl)cc5)cn4)ccc3o2)CC1. The molecular weight excluding hydrogens is 472 g/mol. The highest BCUT2D eigenvalue weighted by Gasteiger charge is 2.30. The fraction of sp³-hybridized carbons (Fsp3) is 0.267. The third kappa shape index (κ3) is 5.52. The Morgan fingerprint density at radius 2 is 1.78 bits per heavy atom. The van der Waals surface area contributed by atoms with Gasteiger partial charge < -0.3 is 9.52 Å². The number of halogens is 1. The Labute approximate surface area is 215 Å². The lowest BCUT2D eigenvalue weighted by Crippen LogP contribution is -2.43. The molecule has 1 saturated heterocycles. The quantitative estimate of drug-likeness (QED) is 0.368. The first-order chi connectivity index (χ1) is 17.4. The van der Waals surface area contributed by atoms with Gasteiger partial charge in [0.2, 0.25) is 0 Å². The Kier molecular flexibility index (Phi) is 6.93. The van der Waals surface area contributed by atoms with E-state index in [1.54, 1.807) is 24.4 Å². The molecule has 0 bridgehead atoms. The third-order valence-electron chi connectivity index (χ3n) is 6.88. The van der Waals surface area contributed by atoms with Crippen LogP contribution in [0.1, 0.15) is 43.2 Å². The van der Waals surface area contributed by atoms with Gasteiger partial charge in [-0.15, -0.1) is 0 Å². The zero-order valence-corrected chi connectivity index (χ0v) is 20.9. The van der Waals surface area contributed by atoms with Gasteiger partial charge in [-0.3, -0.25) is 9.69 Å². The maximum Gasteiger partial charge on any atom is 0.193 e. The van der Waals surface area contributed by atoms with E-state index in [2.05, 4.69) is 21.7 Å². The normalized spacial score (nSPS) is 15.4. The first-order valence-corrected chi connectivity index (χ1v) is 12.5. The van der Waals surface area contributed by atoms with E-state index in [1.165, 1.54) is 0 Å². The highest BCUT2D eigenvalue weighted by molar-refractivity contribution is 6.30. The van der Waals surface area contributed by atoms with Crippen LogP contribution in [-0.2, 0) is 6.54 Å². The zero-order chi connectivity index (χ0) is 25.1. The predicted octanol–water partition coefficient (Wildman–Crippen LogP) is 5.65. The van der Waals surface area contributed by atoms with Crippen molar-refractivity contribution in [2.24, 2.45) is 0 Å². The van der Waals surface area contributed by atoms with Gasteiger partial charge in [-0.1, -0.05) is 42.6 Å². The van der Waals surface area contributed by atoms with E-state index in [1.807, 2.05) is 49.4 Å². The molecule has 5 nitrogen and oxygen atoms in total. The summed E-state index contributed by atoms with van der Waals surface area (Å²) in [7, 11) is 0. The first-order valence-electron chi connectivity index (χ1n) is 12.2. The highest BCUT2D eigenvalue weighted by Crippen LogP contribution is 2.26. The minimum absolute atomic E-state index is 0.0811. The molecule has 5 rings (SSSR count). The van der Waals surface area contributed by atoms with Crippen LogP contribution in [-0.4, -0.2) is 33.7 Å². The molecule has 182 valence electrons. The summed E-state index contributed by atoms with van der Waals surface area (Å²) in [4.78, 5) is 19.5. The number of fused-ring (bicyclic) bond motifs is 1. The van der Waals surface area contributed by atoms with Crippen LogP contribution in [0, 0.1) is 11.8 Å². The van der Waals surface area contributed by atoms with Crippen molar-refractivity contribution in [1.29, 1.82) is 0 Å². The van der Waals surface area contributed by atoms with Gasteiger partial charge in [0.1, 0.15) is 17.0 Å². The van der Waals surface area contributed by atoms with Gasteiger partial charge in [-0.2, -0.15) is 0 Å². The Balaban J connectivity index is 1.30. The smallest absolute Gasteiger partial charge is 0.193 e. The number of rotatable bonds is 4. The number of hydrogen-bond donors (Lipinski definition) is 1. The molecular formula is C30H27ClN2O3. The number of pyridine rings is 1. The van der Waals surface area contributed by atoms with Crippen LogP contribution in [0.15, 0.2) is 76.1 Å². The summed E-state index contributed by atoms with van der Waals surface area (Å²) in [6, 6.07) is 18.4. The fourth-order valence-electron chi connectivity index (χ4n) is 4.48. The molecule has 0 saturated carbocycles. The second-order valence-electron chi connectivity index (χ2n) is 9.33. The van der Waals surface area contributed by atoms with Crippen LogP contribution in [0.2, 0.25) is 5.02 Å². The van der Waals surface area contributed by atoms with Gasteiger partial charge in [0.15, 0.2) is 5.43 Å². The van der Waals surface area contributed by atoms with Crippen LogP contribution in [0.4, 0.5) is 0 Å². The summed E-state index contributed by atoms with van der Waals surface area (Å²) in [6.45, 7) is 4.15. The molecule has 3 heterocycles. The average Bonchev–Trinajstić information content (AvgIpc) is 2.90. The lowest BCUT2D eigenvalue weighted by atomic mass is 9.89. The van der Waals surface area contributed by atoms with E-state index < -0.39 is 5.60 Å². The lowest BCUT2D eigenvalue weighted by molar-refractivity contribution is -0.0268. The Bertz CT molecular complexity index is 1490. The number of hydrogen-bond acceptors (Lipinski definition) is 5. The Morgan fingerprint density at radius 1 is 1.03 bits per heavy atom. The molecule has 2 aromatic heterocycles. The number of aliphatic hydroxyl groups is 1. The van der Waals surface area contributed by atoms with Crippen LogP contribution in [0.5, 0.6) is 0 Å². The van der Waals surface area contributed by atoms with E-state index in [9.17, 15) is 9.90 Å². The molecule has 36 heavy (non-hydrogen) atoms. The molecule has 0 atom stereocenters. The highest BCUT2D eigenvalue weighted by atomic mass is 35.5. The minimum Gasteiger partial charge on any atom is -0.459 e. The summed E-state index contributed by atoms with van der Waals surface area (Å²) < 4.78 is 6.03. The van der Waals surface area contributed by atoms with Gasteiger partial charge in [-0.25, -0.2) is 4.98 Å². The molecule has 1 N–H and O–H groups in total. The standard InChI is InChI=1S/C30H27ClN2O3/c1-2-30(35)13-15-33(16-14-30)20-26-18-28(34)27-17-21(4-12-29(27)36-26)3-10-25-11-7-23(19-32-25)22-5-8-24(31)9-6-22/h4-9,11-12,17-19,35H,2,13-16,20H2,1H3. The van der Waals surface area contributed by atoms with Gasteiger partial charge in [0.25, 0.3) is 0 Å².